The zero-order valence-corrected chi connectivity index (χ0v) is 24.2. The number of nitrogens with one attached hydrogen (secondary N) is 3. The molecule has 1 aliphatic rings. The van der Waals surface area contributed by atoms with Gasteiger partial charge in [-0.2, -0.15) is 0 Å². The minimum absolute atomic E-state index is 0.419. The van der Waals surface area contributed by atoms with Crippen LogP contribution in [0, 0.1) is 0 Å². The number of carbonyl (C=O) groups excluding carboxylic acids is 1. The number of carbonyl (C=O) groups is 2. The van der Waals surface area contributed by atoms with Crippen LogP contribution in [0.5, 0.6) is 5.75 Å². The molecule has 2 aromatic rings. The van der Waals surface area contributed by atoms with Crippen molar-refractivity contribution in [2.75, 3.05) is 38.2 Å². The summed E-state index contributed by atoms with van der Waals surface area (Å²) in [5, 5.41) is 27.4. The van der Waals surface area contributed by atoms with Crippen molar-refractivity contribution in [3.8, 4) is 5.75 Å². The predicted molar refractivity (Wildman–Crippen MR) is 157 cm³/mol. The van der Waals surface area contributed by atoms with Gasteiger partial charge in [-0.25, -0.2) is 4.79 Å². The smallest absolute Gasteiger partial charge is 0.323 e. The molecule has 0 spiro atoms. The van der Waals surface area contributed by atoms with E-state index in [0.29, 0.717) is 18.8 Å². The molecular weight excluding hydrogens is 526 g/mol. The lowest BCUT2D eigenvalue weighted by Crippen LogP contribution is -2.35. The second-order valence-corrected chi connectivity index (χ2v) is 10.8. The van der Waals surface area contributed by atoms with Gasteiger partial charge < -0.3 is 40.4 Å². The lowest BCUT2D eigenvalue weighted by molar-refractivity contribution is -0.180. The van der Waals surface area contributed by atoms with Crippen molar-refractivity contribution in [1.82, 2.24) is 10.6 Å². The summed E-state index contributed by atoms with van der Waals surface area (Å²) in [7, 11) is 0. The first kappa shape index (κ1) is 32.3. The van der Waals surface area contributed by atoms with Crippen LogP contribution in [0.3, 0.4) is 0 Å². The van der Waals surface area contributed by atoms with E-state index in [2.05, 4.69) is 16.0 Å². The highest BCUT2D eigenvalue weighted by Crippen LogP contribution is 2.32. The molecule has 1 atom stereocenters. The molecule has 10 heteroatoms. The molecule has 0 radical (unpaired) electrons. The molecule has 41 heavy (non-hydrogen) atoms. The number of carboxylic acids is 1. The van der Waals surface area contributed by atoms with Gasteiger partial charge in [0.15, 0.2) is 0 Å². The average Bonchev–Trinajstić information content (AvgIpc) is 2.93. The molecule has 5 N–H and O–H groups in total. The highest BCUT2D eigenvalue weighted by molar-refractivity contribution is 5.91. The van der Waals surface area contributed by atoms with Gasteiger partial charge in [-0.1, -0.05) is 31.0 Å². The third-order valence-corrected chi connectivity index (χ3v) is 6.72. The number of rotatable bonds is 18. The normalized spacial score (nSPS) is 14.5. The summed E-state index contributed by atoms with van der Waals surface area (Å²) in [6, 6.07) is 12.8. The van der Waals surface area contributed by atoms with Crippen LogP contribution in [-0.4, -0.2) is 60.8 Å². The molecule has 2 aromatic carbocycles. The first-order valence-corrected chi connectivity index (χ1v) is 14.5. The number of aliphatic hydroxyl groups is 1. The Balaban J connectivity index is 1.15. The van der Waals surface area contributed by atoms with Crippen LogP contribution in [0.1, 0.15) is 75.2 Å². The topological polar surface area (TPSA) is 138 Å². The van der Waals surface area contributed by atoms with Gasteiger partial charge in [-0.05, 0) is 74.0 Å². The summed E-state index contributed by atoms with van der Waals surface area (Å²) >= 11 is 0. The highest BCUT2D eigenvalue weighted by Gasteiger charge is 2.27. The van der Waals surface area contributed by atoms with E-state index in [4.69, 9.17) is 19.3 Å². The van der Waals surface area contributed by atoms with Crippen LogP contribution >= 0.6 is 0 Å². The van der Waals surface area contributed by atoms with Gasteiger partial charge >= 0.3 is 12.0 Å². The number of unbranched alkanes of at least 4 members (excludes halogenated alkanes) is 4. The summed E-state index contributed by atoms with van der Waals surface area (Å²) in [4.78, 5) is 22.2. The number of anilines is 1. The number of amides is 2. The predicted octanol–water partition coefficient (Wildman–Crippen LogP) is 4.76. The second-order valence-electron chi connectivity index (χ2n) is 10.8. The van der Waals surface area contributed by atoms with E-state index in [-0.39, 0.29) is 0 Å². The molecule has 0 aliphatic carbocycles. The van der Waals surface area contributed by atoms with Crippen molar-refractivity contribution >= 4 is 17.7 Å². The second kappa shape index (κ2) is 16.9. The minimum atomic E-state index is -1.09. The molecule has 0 saturated carbocycles. The average molecular weight is 572 g/mol. The molecule has 0 bridgehead atoms. The largest absolute Gasteiger partial charge is 0.480 e. The zero-order chi connectivity index (χ0) is 29.5. The summed E-state index contributed by atoms with van der Waals surface area (Å²) in [6.07, 6.45) is 6.59. The van der Waals surface area contributed by atoms with Crippen LogP contribution in [0.2, 0.25) is 0 Å². The molecule has 10 nitrogen and oxygen atoms in total. The van der Waals surface area contributed by atoms with Crippen LogP contribution in [0.4, 0.5) is 10.5 Å². The standard InChI is InChI=1S/C31H45N3O7/c1-31(2)40-22-25-19-24(13-14-28(25)41-31)27(35)20-32-15-6-3-4-7-16-39-17-8-5-10-23-11-9-12-26(18-23)34-30(38)33-21-29(36)37/h9,11-14,18-19,27,32,35H,3-8,10,15-17,20-22H2,1-2H3,(H,36,37)(H2,33,34,38)/t27-/m0/s1. The number of benzene rings is 2. The summed E-state index contributed by atoms with van der Waals surface area (Å²) in [5.74, 6) is -0.893. The number of aliphatic hydroxyl groups excluding tert-OH is 1. The number of aliphatic carboxylic acids is 1. The Morgan fingerprint density at radius 3 is 2.61 bits per heavy atom. The SMILES string of the molecule is CC1(C)OCc2cc([C@@H](O)CNCCCCCCOCCCCc3cccc(NC(=O)NCC(=O)O)c3)ccc2O1. The Bertz CT molecular complexity index is 1110. The van der Waals surface area contributed by atoms with E-state index in [1.807, 2.05) is 50.2 Å². The minimum Gasteiger partial charge on any atom is -0.480 e. The Morgan fingerprint density at radius 1 is 1.02 bits per heavy atom. The van der Waals surface area contributed by atoms with Crippen LogP contribution in [0.15, 0.2) is 42.5 Å². The number of ether oxygens (including phenoxy) is 3. The van der Waals surface area contributed by atoms with Gasteiger partial charge in [0.2, 0.25) is 5.79 Å². The van der Waals surface area contributed by atoms with Crippen molar-refractivity contribution < 1.29 is 34.0 Å². The number of carboxylic acid groups (broad SMARTS) is 1. The van der Waals surface area contributed by atoms with Gasteiger partial charge in [0.05, 0.1) is 12.7 Å². The lowest BCUT2D eigenvalue weighted by atomic mass is 10.0. The molecule has 0 unspecified atom stereocenters. The van der Waals surface area contributed by atoms with Crippen molar-refractivity contribution in [3.05, 3.63) is 59.2 Å². The summed E-state index contributed by atoms with van der Waals surface area (Å²) < 4.78 is 17.3. The molecule has 2 amide bonds. The van der Waals surface area contributed by atoms with Gasteiger partial charge in [-0.3, -0.25) is 4.79 Å². The Labute approximate surface area is 242 Å². The monoisotopic (exact) mass is 571 g/mol. The van der Waals surface area contributed by atoms with Gasteiger partial charge in [0, 0.05) is 44.9 Å². The fourth-order valence-corrected chi connectivity index (χ4v) is 4.50. The fourth-order valence-electron chi connectivity index (χ4n) is 4.50. The quantitative estimate of drug-likeness (QED) is 0.162. The number of urea groups is 1. The molecule has 1 heterocycles. The van der Waals surface area contributed by atoms with Crippen molar-refractivity contribution in [2.45, 2.75) is 77.3 Å². The molecule has 0 fully saturated rings. The molecule has 226 valence electrons. The number of aryl methyl sites for hydroxylation is 1. The maximum atomic E-state index is 11.7. The molecule has 0 saturated heterocycles. The molecular formula is C31H45N3O7. The summed E-state index contributed by atoms with van der Waals surface area (Å²) in [5.41, 5.74) is 3.58. The third-order valence-electron chi connectivity index (χ3n) is 6.72. The van der Waals surface area contributed by atoms with Crippen LogP contribution in [0.25, 0.3) is 0 Å². The van der Waals surface area contributed by atoms with E-state index in [1.54, 1.807) is 6.07 Å². The zero-order valence-electron chi connectivity index (χ0n) is 24.2. The third kappa shape index (κ3) is 12.5. The van der Waals surface area contributed by atoms with Gasteiger partial charge in [-0.15, -0.1) is 0 Å². The van der Waals surface area contributed by atoms with E-state index >= 15 is 0 Å². The molecule has 1 aliphatic heterocycles. The van der Waals surface area contributed by atoms with E-state index < -0.39 is 30.4 Å². The number of fused-ring (bicyclic) bond motifs is 1. The molecule has 3 rings (SSSR count). The summed E-state index contributed by atoms with van der Waals surface area (Å²) in [6.45, 7) is 6.72. The Morgan fingerprint density at radius 2 is 1.80 bits per heavy atom. The number of hydrogen-bond donors (Lipinski definition) is 5. The van der Waals surface area contributed by atoms with E-state index in [0.717, 1.165) is 87.1 Å². The number of hydrogen-bond acceptors (Lipinski definition) is 7. The van der Waals surface area contributed by atoms with Crippen molar-refractivity contribution in [2.24, 2.45) is 0 Å². The fraction of sp³-hybridized carbons (Fsp3) is 0.548. The van der Waals surface area contributed by atoms with E-state index in [1.165, 1.54) is 0 Å². The van der Waals surface area contributed by atoms with Crippen LogP contribution < -0.4 is 20.7 Å². The Hall–Kier alpha value is -3.18. The highest BCUT2D eigenvalue weighted by atomic mass is 16.7. The maximum Gasteiger partial charge on any atom is 0.323 e. The van der Waals surface area contributed by atoms with Crippen molar-refractivity contribution in [1.29, 1.82) is 0 Å². The van der Waals surface area contributed by atoms with Crippen LogP contribution in [-0.2, 0) is 27.3 Å². The van der Waals surface area contributed by atoms with Gasteiger partial charge in [0.25, 0.3) is 0 Å². The lowest BCUT2D eigenvalue weighted by Gasteiger charge is -2.33. The molecule has 0 aromatic heterocycles. The van der Waals surface area contributed by atoms with E-state index in [9.17, 15) is 14.7 Å². The Kier molecular flexibility index (Phi) is 13.4. The van der Waals surface area contributed by atoms with Crippen molar-refractivity contribution in [3.63, 3.8) is 0 Å². The maximum absolute atomic E-state index is 11.7. The van der Waals surface area contributed by atoms with Gasteiger partial charge in [0.1, 0.15) is 12.3 Å². The first-order chi connectivity index (χ1) is 19.7. The first-order valence-electron chi connectivity index (χ1n) is 14.5.